The van der Waals surface area contributed by atoms with Gasteiger partial charge in [-0.1, -0.05) is 43.0 Å². The summed E-state index contributed by atoms with van der Waals surface area (Å²) in [6.07, 6.45) is 2.63. The highest BCUT2D eigenvalue weighted by atomic mass is 35.5. The summed E-state index contributed by atoms with van der Waals surface area (Å²) >= 11 is 12.0. The second kappa shape index (κ2) is 8.25. The van der Waals surface area contributed by atoms with Crippen molar-refractivity contribution in [1.82, 2.24) is 4.90 Å². The van der Waals surface area contributed by atoms with Crippen LogP contribution in [-0.2, 0) is 4.74 Å². The molecule has 22 heavy (non-hydrogen) atoms. The first-order valence-corrected chi connectivity index (χ1v) is 8.08. The Morgan fingerprint density at radius 2 is 2.23 bits per heavy atom. The summed E-state index contributed by atoms with van der Waals surface area (Å²) in [5.41, 5.74) is 0.649. The number of hydrogen-bond acceptors (Lipinski definition) is 4. The summed E-state index contributed by atoms with van der Waals surface area (Å²) in [5, 5.41) is 4.08. The first-order chi connectivity index (χ1) is 10.6. The Hall–Kier alpha value is -1.46. The standard InChI is InChI=1S/C15H19Cl2N3O2/c1-2-3-4-9-22-15(21)20-8-7-18-14(20)19-13-6-5-11(16)10-12(13)17/h5-6,10H,2-4,7-9H2,1H3,(H,18,19). The van der Waals surface area contributed by atoms with E-state index in [1.165, 1.54) is 4.90 Å². The number of unbranched alkanes of at least 4 members (excludes halogenated alkanes) is 2. The number of carbonyl (C=O) groups excluding carboxylic acids is 1. The number of aliphatic imine (C=N–C) groups is 1. The fraction of sp³-hybridized carbons (Fsp3) is 0.467. The SMILES string of the molecule is CCCCCOC(=O)N1CCN=C1Nc1ccc(Cl)cc1Cl. The van der Waals surface area contributed by atoms with Crippen molar-refractivity contribution in [2.75, 3.05) is 25.0 Å². The van der Waals surface area contributed by atoms with Gasteiger partial charge in [0, 0.05) is 5.02 Å². The Labute approximate surface area is 140 Å². The smallest absolute Gasteiger partial charge is 0.416 e. The van der Waals surface area contributed by atoms with Crippen LogP contribution in [0.25, 0.3) is 0 Å². The number of rotatable bonds is 5. The van der Waals surface area contributed by atoms with Crippen LogP contribution in [0.1, 0.15) is 26.2 Å². The number of anilines is 1. The van der Waals surface area contributed by atoms with E-state index >= 15 is 0 Å². The number of halogens is 2. The molecule has 1 aliphatic rings. The molecule has 5 nitrogen and oxygen atoms in total. The number of hydrogen-bond donors (Lipinski definition) is 1. The largest absolute Gasteiger partial charge is 0.449 e. The first-order valence-electron chi connectivity index (χ1n) is 7.32. The molecule has 1 aromatic carbocycles. The molecular weight excluding hydrogens is 325 g/mol. The summed E-state index contributed by atoms with van der Waals surface area (Å²) < 4.78 is 5.26. The van der Waals surface area contributed by atoms with E-state index in [1.54, 1.807) is 18.2 Å². The van der Waals surface area contributed by atoms with Gasteiger partial charge in [-0.15, -0.1) is 0 Å². The molecule has 120 valence electrons. The lowest BCUT2D eigenvalue weighted by atomic mass is 10.3. The van der Waals surface area contributed by atoms with Crippen LogP contribution in [0.3, 0.4) is 0 Å². The second-order valence-corrected chi connectivity index (χ2v) is 5.77. The molecule has 1 amide bonds. The lowest BCUT2D eigenvalue weighted by molar-refractivity contribution is 0.123. The molecule has 1 N–H and O–H groups in total. The van der Waals surface area contributed by atoms with E-state index < -0.39 is 0 Å². The predicted octanol–water partition coefficient (Wildman–Crippen LogP) is 4.40. The Bertz CT molecular complexity index is 564. The number of amides is 1. The minimum absolute atomic E-state index is 0.384. The zero-order valence-corrected chi connectivity index (χ0v) is 14.0. The van der Waals surface area contributed by atoms with Crippen LogP contribution in [0.5, 0.6) is 0 Å². The van der Waals surface area contributed by atoms with Crippen molar-refractivity contribution in [1.29, 1.82) is 0 Å². The molecule has 2 rings (SSSR count). The average Bonchev–Trinajstić information content (AvgIpc) is 2.94. The maximum atomic E-state index is 12.1. The molecule has 0 aliphatic carbocycles. The van der Waals surface area contributed by atoms with Gasteiger partial charge >= 0.3 is 6.09 Å². The molecule has 0 spiro atoms. The van der Waals surface area contributed by atoms with Gasteiger partial charge < -0.3 is 10.1 Å². The maximum Gasteiger partial charge on any atom is 0.416 e. The van der Waals surface area contributed by atoms with Gasteiger partial charge in [-0.2, -0.15) is 0 Å². The molecular formula is C15H19Cl2N3O2. The van der Waals surface area contributed by atoms with E-state index in [2.05, 4.69) is 17.2 Å². The Kier molecular flexibility index (Phi) is 6.34. The molecule has 0 fully saturated rings. The number of ether oxygens (including phenoxy) is 1. The zero-order chi connectivity index (χ0) is 15.9. The third kappa shape index (κ3) is 4.52. The number of nitrogens with one attached hydrogen (secondary N) is 1. The van der Waals surface area contributed by atoms with E-state index in [9.17, 15) is 4.79 Å². The summed E-state index contributed by atoms with van der Waals surface area (Å²) in [5.74, 6) is 0.449. The molecule has 0 radical (unpaired) electrons. The van der Waals surface area contributed by atoms with Gasteiger partial charge in [0.1, 0.15) is 0 Å². The third-order valence-electron chi connectivity index (χ3n) is 3.21. The average molecular weight is 344 g/mol. The summed E-state index contributed by atoms with van der Waals surface area (Å²) in [4.78, 5) is 17.8. The molecule has 0 aromatic heterocycles. The van der Waals surface area contributed by atoms with Gasteiger partial charge in [0.15, 0.2) is 0 Å². The van der Waals surface area contributed by atoms with Crippen molar-refractivity contribution in [2.45, 2.75) is 26.2 Å². The molecule has 1 aliphatic heterocycles. The van der Waals surface area contributed by atoms with E-state index in [-0.39, 0.29) is 6.09 Å². The van der Waals surface area contributed by atoms with Crippen LogP contribution in [0, 0.1) is 0 Å². The molecule has 1 aromatic rings. The Morgan fingerprint density at radius 3 is 2.95 bits per heavy atom. The lowest BCUT2D eigenvalue weighted by Gasteiger charge is -2.19. The Balaban J connectivity index is 1.94. The van der Waals surface area contributed by atoms with Gasteiger partial charge in [0.25, 0.3) is 0 Å². The summed E-state index contributed by atoms with van der Waals surface area (Å²) in [6, 6.07) is 5.10. The first kappa shape index (κ1) is 16.9. The van der Waals surface area contributed by atoms with E-state index in [4.69, 9.17) is 27.9 Å². The molecule has 0 unspecified atom stereocenters. The minimum Gasteiger partial charge on any atom is -0.449 e. The van der Waals surface area contributed by atoms with E-state index in [0.717, 1.165) is 19.3 Å². The van der Waals surface area contributed by atoms with Crippen LogP contribution in [0.2, 0.25) is 10.0 Å². The number of nitrogens with zero attached hydrogens (tertiary/aromatic N) is 2. The Morgan fingerprint density at radius 1 is 1.41 bits per heavy atom. The highest BCUT2D eigenvalue weighted by molar-refractivity contribution is 6.36. The van der Waals surface area contributed by atoms with Gasteiger partial charge in [0.05, 0.1) is 30.4 Å². The number of carbonyl (C=O) groups is 1. The van der Waals surface area contributed by atoms with Gasteiger partial charge in [0.2, 0.25) is 5.96 Å². The summed E-state index contributed by atoms with van der Waals surface area (Å²) in [6.45, 7) is 3.57. The lowest BCUT2D eigenvalue weighted by Crippen LogP contribution is -2.38. The normalized spacial score (nSPS) is 14.0. The van der Waals surface area contributed by atoms with Crippen LogP contribution in [-0.4, -0.2) is 36.6 Å². The van der Waals surface area contributed by atoms with Crippen molar-refractivity contribution in [3.05, 3.63) is 28.2 Å². The zero-order valence-electron chi connectivity index (χ0n) is 12.4. The second-order valence-electron chi connectivity index (χ2n) is 4.93. The quantitative estimate of drug-likeness (QED) is 0.806. The van der Waals surface area contributed by atoms with Crippen LogP contribution < -0.4 is 5.32 Å². The highest BCUT2D eigenvalue weighted by Crippen LogP contribution is 2.26. The van der Waals surface area contributed by atoms with Crippen molar-refractivity contribution >= 4 is 40.9 Å². The van der Waals surface area contributed by atoms with Gasteiger partial charge in [-0.05, 0) is 24.6 Å². The van der Waals surface area contributed by atoms with Crippen LogP contribution in [0.15, 0.2) is 23.2 Å². The van der Waals surface area contributed by atoms with Crippen LogP contribution in [0.4, 0.5) is 10.5 Å². The van der Waals surface area contributed by atoms with Gasteiger partial charge in [-0.3, -0.25) is 4.99 Å². The van der Waals surface area contributed by atoms with E-state index in [1.807, 2.05) is 0 Å². The molecule has 0 atom stereocenters. The topological polar surface area (TPSA) is 53.9 Å². The third-order valence-corrected chi connectivity index (χ3v) is 3.76. The monoisotopic (exact) mass is 343 g/mol. The maximum absolute atomic E-state index is 12.1. The van der Waals surface area contributed by atoms with Crippen molar-refractivity contribution in [3.63, 3.8) is 0 Å². The molecule has 0 saturated carbocycles. The van der Waals surface area contributed by atoms with Gasteiger partial charge in [-0.25, -0.2) is 9.69 Å². The molecule has 0 saturated heterocycles. The minimum atomic E-state index is -0.384. The molecule has 1 heterocycles. The van der Waals surface area contributed by atoms with Crippen molar-refractivity contribution in [2.24, 2.45) is 4.99 Å². The summed E-state index contributed by atoms with van der Waals surface area (Å²) in [7, 11) is 0. The van der Waals surface area contributed by atoms with Crippen LogP contribution >= 0.6 is 23.2 Å². The van der Waals surface area contributed by atoms with E-state index in [0.29, 0.717) is 41.4 Å². The molecule has 7 heteroatoms. The fourth-order valence-electron chi connectivity index (χ4n) is 2.03. The number of benzene rings is 1. The van der Waals surface area contributed by atoms with Crippen molar-refractivity contribution in [3.8, 4) is 0 Å². The highest BCUT2D eigenvalue weighted by Gasteiger charge is 2.25. The fourth-order valence-corrected chi connectivity index (χ4v) is 2.49. The number of guanidine groups is 1. The molecule has 0 bridgehead atoms. The predicted molar refractivity (Wildman–Crippen MR) is 90.0 cm³/mol. The van der Waals surface area contributed by atoms with Crippen molar-refractivity contribution < 1.29 is 9.53 Å².